The topological polar surface area (TPSA) is 38.7 Å². The zero-order valence-corrected chi connectivity index (χ0v) is 5.00. The van der Waals surface area contributed by atoms with E-state index in [1.807, 2.05) is 0 Å². The van der Waals surface area contributed by atoms with Crippen molar-refractivity contribution < 1.29 is 4.39 Å². The van der Waals surface area contributed by atoms with Crippen molar-refractivity contribution in [1.29, 1.82) is 0 Å². The molecule has 0 atom stereocenters. The predicted octanol–water partition coefficient (Wildman–Crippen LogP) is 0.650. The van der Waals surface area contributed by atoms with Crippen LogP contribution in [0.1, 0.15) is 11.5 Å². The average molecular weight is 127 g/mol. The Morgan fingerprint density at radius 3 is 2.78 bits per heavy atom. The fourth-order valence-electron chi connectivity index (χ4n) is 0.417. The van der Waals surface area contributed by atoms with Gasteiger partial charge >= 0.3 is 0 Å². The molecule has 0 radical (unpaired) electrons. The minimum atomic E-state index is -0.646. The standard InChI is InChI=1S/C5H6FN3/c1-4-3-7-5(2-6)9-8-4/h3H,2H2,1H3. The Labute approximate surface area is 52.0 Å². The van der Waals surface area contributed by atoms with E-state index in [-0.39, 0.29) is 5.82 Å². The van der Waals surface area contributed by atoms with Crippen LogP contribution in [0.2, 0.25) is 0 Å². The summed E-state index contributed by atoms with van der Waals surface area (Å²) in [5.74, 6) is 0.139. The van der Waals surface area contributed by atoms with Gasteiger partial charge in [0.2, 0.25) is 0 Å². The van der Waals surface area contributed by atoms with Gasteiger partial charge in [-0.2, -0.15) is 5.10 Å². The van der Waals surface area contributed by atoms with Crippen LogP contribution in [0.5, 0.6) is 0 Å². The quantitative estimate of drug-likeness (QED) is 0.556. The van der Waals surface area contributed by atoms with Crippen molar-refractivity contribution in [2.24, 2.45) is 0 Å². The van der Waals surface area contributed by atoms with E-state index in [2.05, 4.69) is 15.2 Å². The van der Waals surface area contributed by atoms with Crippen molar-refractivity contribution in [3.05, 3.63) is 17.7 Å². The van der Waals surface area contributed by atoms with Crippen LogP contribution in [0.3, 0.4) is 0 Å². The SMILES string of the molecule is Cc1cnc(CF)nn1. The van der Waals surface area contributed by atoms with Crippen molar-refractivity contribution in [2.75, 3.05) is 0 Å². The van der Waals surface area contributed by atoms with Gasteiger partial charge in [-0.25, -0.2) is 9.37 Å². The first-order valence-electron chi connectivity index (χ1n) is 2.54. The summed E-state index contributed by atoms with van der Waals surface area (Å²) in [4.78, 5) is 3.65. The highest BCUT2D eigenvalue weighted by molar-refractivity contribution is 4.89. The molecule has 1 aromatic heterocycles. The average Bonchev–Trinajstić information content (AvgIpc) is 1.90. The molecule has 0 saturated heterocycles. The second-order valence-corrected chi connectivity index (χ2v) is 1.65. The Bertz CT molecular complexity index is 184. The maximum absolute atomic E-state index is 11.7. The van der Waals surface area contributed by atoms with Crippen LogP contribution in [0.15, 0.2) is 6.20 Å². The number of aromatic nitrogens is 3. The molecule has 4 heteroatoms. The molecule has 1 heterocycles. The van der Waals surface area contributed by atoms with Crippen LogP contribution >= 0.6 is 0 Å². The molecular weight excluding hydrogens is 121 g/mol. The minimum absolute atomic E-state index is 0.139. The fraction of sp³-hybridized carbons (Fsp3) is 0.400. The molecule has 3 nitrogen and oxygen atoms in total. The normalized spacial score (nSPS) is 9.56. The van der Waals surface area contributed by atoms with E-state index in [0.29, 0.717) is 5.69 Å². The van der Waals surface area contributed by atoms with Gasteiger partial charge in [-0.1, -0.05) is 0 Å². The van der Waals surface area contributed by atoms with Gasteiger partial charge in [0.25, 0.3) is 0 Å². The summed E-state index contributed by atoms with van der Waals surface area (Å²) in [7, 11) is 0. The van der Waals surface area contributed by atoms with Crippen LogP contribution in [0.25, 0.3) is 0 Å². The fourth-order valence-corrected chi connectivity index (χ4v) is 0.417. The zero-order chi connectivity index (χ0) is 6.69. The second-order valence-electron chi connectivity index (χ2n) is 1.65. The Kier molecular flexibility index (Phi) is 1.67. The second kappa shape index (κ2) is 2.48. The lowest BCUT2D eigenvalue weighted by molar-refractivity contribution is 0.459. The lowest BCUT2D eigenvalue weighted by atomic mass is 10.5. The highest BCUT2D eigenvalue weighted by Crippen LogP contribution is 1.89. The molecule has 0 bridgehead atoms. The van der Waals surface area contributed by atoms with E-state index in [1.54, 1.807) is 6.92 Å². The molecule has 0 aliphatic carbocycles. The van der Waals surface area contributed by atoms with Crippen molar-refractivity contribution >= 4 is 0 Å². The van der Waals surface area contributed by atoms with Gasteiger partial charge in [0, 0.05) is 0 Å². The van der Waals surface area contributed by atoms with Crippen molar-refractivity contribution in [3.8, 4) is 0 Å². The third kappa shape index (κ3) is 1.42. The molecule has 0 aliphatic heterocycles. The largest absolute Gasteiger partial charge is 0.242 e. The molecule has 48 valence electrons. The number of halogens is 1. The summed E-state index contributed by atoms with van der Waals surface area (Å²) in [5, 5.41) is 7.06. The van der Waals surface area contributed by atoms with E-state index in [4.69, 9.17) is 0 Å². The Morgan fingerprint density at radius 2 is 2.33 bits per heavy atom. The first-order chi connectivity index (χ1) is 4.33. The van der Waals surface area contributed by atoms with Gasteiger partial charge in [-0.15, -0.1) is 5.10 Å². The van der Waals surface area contributed by atoms with Crippen molar-refractivity contribution in [2.45, 2.75) is 13.6 Å². The van der Waals surface area contributed by atoms with Gasteiger partial charge < -0.3 is 0 Å². The lowest BCUT2D eigenvalue weighted by Gasteiger charge is -1.89. The number of aryl methyl sites for hydroxylation is 1. The van der Waals surface area contributed by atoms with Crippen LogP contribution in [0.4, 0.5) is 4.39 Å². The van der Waals surface area contributed by atoms with Gasteiger partial charge in [0.05, 0.1) is 11.9 Å². The minimum Gasteiger partial charge on any atom is -0.242 e. The monoisotopic (exact) mass is 127 g/mol. The van der Waals surface area contributed by atoms with E-state index in [9.17, 15) is 4.39 Å². The summed E-state index contributed by atoms with van der Waals surface area (Å²) < 4.78 is 11.7. The van der Waals surface area contributed by atoms with E-state index < -0.39 is 6.67 Å². The summed E-state index contributed by atoms with van der Waals surface area (Å²) in [5.41, 5.74) is 0.701. The first kappa shape index (κ1) is 6.07. The summed E-state index contributed by atoms with van der Waals surface area (Å²) in [6.45, 7) is 1.11. The summed E-state index contributed by atoms with van der Waals surface area (Å²) >= 11 is 0. The van der Waals surface area contributed by atoms with Gasteiger partial charge in [0.1, 0.15) is 0 Å². The highest BCUT2D eigenvalue weighted by atomic mass is 19.1. The lowest BCUT2D eigenvalue weighted by Crippen LogP contribution is -1.95. The Hall–Kier alpha value is -1.06. The van der Waals surface area contributed by atoms with Gasteiger partial charge in [0.15, 0.2) is 12.5 Å². The van der Waals surface area contributed by atoms with E-state index in [1.165, 1.54) is 6.20 Å². The van der Waals surface area contributed by atoms with E-state index in [0.717, 1.165) is 0 Å². The predicted molar refractivity (Wildman–Crippen MR) is 29.4 cm³/mol. The van der Waals surface area contributed by atoms with Gasteiger partial charge in [-0.3, -0.25) is 0 Å². The third-order valence-electron chi connectivity index (χ3n) is 0.843. The molecule has 0 spiro atoms. The number of alkyl halides is 1. The molecule has 0 amide bonds. The number of hydrogen-bond donors (Lipinski definition) is 0. The molecule has 1 rings (SSSR count). The van der Waals surface area contributed by atoms with Crippen LogP contribution in [0, 0.1) is 6.92 Å². The molecule has 0 N–H and O–H groups in total. The Balaban J connectivity index is 2.88. The maximum Gasteiger partial charge on any atom is 0.182 e. The summed E-state index contributed by atoms with van der Waals surface area (Å²) in [6, 6.07) is 0. The third-order valence-corrected chi connectivity index (χ3v) is 0.843. The molecular formula is C5H6FN3. The van der Waals surface area contributed by atoms with Crippen molar-refractivity contribution in [3.63, 3.8) is 0 Å². The first-order valence-corrected chi connectivity index (χ1v) is 2.54. The van der Waals surface area contributed by atoms with Crippen molar-refractivity contribution in [1.82, 2.24) is 15.2 Å². The molecule has 0 aliphatic rings. The highest BCUT2D eigenvalue weighted by Gasteiger charge is 1.92. The maximum atomic E-state index is 11.7. The van der Waals surface area contributed by atoms with Crippen LogP contribution in [-0.4, -0.2) is 15.2 Å². The molecule has 1 aromatic rings. The molecule has 0 saturated carbocycles. The molecule has 9 heavy (non-hydrogen) atoms. The van der Waals surface area contributed by atoms with E-state index >= 15 is 0 Å². The molecule has 0 fully saturated rings. The molecule has 0 unspecified atom stereocenters. The van der Waals surface area contributed by atoms with Crippen LogP contribution < -0.4 is 0 Å². The zero-order valence-electron chi connectivity index (χ0n) is 5.00. The number of rotatable bonds is 1. The smallest absolute Gasteiger partial charge is 0.182 e. The summed E-state index contributed by atoms with van der Waals surface area (Å²) in [6.07, 6.45) is 1.49. The number of nitrogens with zero attached hydrogens (tertiary/aromatic N) is 3. The Morgan fingerprint density at radius 1 is 1.56 bits per heavy atom. The van der Waals surface area contributed by atoms with Gasteiger partial charge in [-0.05, 0) is 6.92 Å². The molecule has 0 aromatic carbocycles. The number of hydrogen-bond acceptors (Lipinski definition) is 3. The van der Waals surface area contributed by atoms with Crippen LogP contribution in [-0.2, 0) is 6.67 Å².